The molecule has 3 rings (SSSR count). The number of nitrogens with one attached hydrogen (secondary N) is 1. The molecule has 7 heteroatoms. The molecule has 2 aromatic rings. The molecule has 1 aromatic heterocycles. The number of nitrogens with zero attached hydrogens (tertiary/aromatic N) is 2. The van der Waals surface area contributed by atoms with Crippen molar-refractivity contribution in [2.75, 3.05) is 25.0 Å². The highest BCUT2D eigenvalue weighted by Crippen LogP contribution is 2.30. The normalized spacial score (nSPS) is 16.4. The molecule has 1 aliphatic heterocycles. The molecular weight excluding hydrogens is 318 g/mol. The van der Waals surface area contributed by atoms with Gasteiger partial charge in [0.25, 0.3) is 5.69 Å². The van der Waals surface area contributed by atoms with Gasteiger partial charge in [0.05, 0.1) is 17.2 Å². The molecule has 0 amide bonds. The van der Waals surface area contributed by atoms with Gasteiger partial charge in [-0.15, -0.1) is 0 Å². The van der Waals surface area contributed by atoms with E-state index in [4.69, 9.17) is 16.0 Å². The van der Waals surface area contributed by atoms with E-state index in [0.29, 0.717) is 17.3 Å². The molecule has 23 heavy (non-hydrogen) atoms. The molecule has 1 atom stereocenters. The Morgan fingerprint density at radius 3 is 2.78 bits per heavy atom. The van der Waals surface area contributed by atoms with Gasteiger partial charge in [0.1, 0.15) is 11.4 Å². The van der Waals surface area contributed by atoms with Crippen LogP contribution in [0, 0.1) is 10.1 Å². The van der Waals surface area contributed by atoms with E-state index in [-0.39, 0.29) is 11.7 Å². The maximum atomic E-state index is 11.2. The highest BCUT2D eigenvalue weighted by atomic mass is 35.5. The van der Waals surface area contributed by atoms with Crippen LogP contribution in [0.4, 0.5) is 11.4 Å². The Kier molecular flexibility index (Phi) is 4.83. The standard InChI is InChI=1S/C16H18ClN3O3/c17-12-5-6-13(14(10-12)20(21)22)18-11-15(16-4-3-9-23-16)19-7-1-2-8-19/h3-6,9-10,15,18H,1-2,7-8,11H2. The van der Waals surface area contributed by atoms with Gasteiger partial charge in [-0.1, -0.05) is 11.6 Å². The van der Waals surface area contributed by atoms with E-state index in [9.17, 15) is 10.1 Å². The van der Waals surface area contributed by atoms with Crippen LogP contribution < -0.4 is 5.32 Å². The number of halogens is 1. The quantitative estimate of drug-likeness (QED) is 0.636. The van der Waals surface area contributed by atoms with Gasteiger partial charge in [0.2, 0.25) is 0 Å². The third-order valence-electron chi connectivity index (χ3n) is 4.10. The SMILES string of the molecule is O=[N+]([O-])c1cc(Cl)ccc1NCC(c1ccco1)N1CCCC1. The molecule has 6 nitrogen and oxygen atoms in total. The molecule has 1 aromatic carbocycles. The van der Waals surface area contributed by atoms with Crippen LogP contribution in [0.2, 0.25) is 5.02 Å². The summed E-state index contributed by atoms with van der Waals surface area (Å²) in [6, 6.07) is 8.52. The van der Waals surface area contributed by atoms with E-state index in [1.54, 1.807) is 18.4 Å². The summed E-state index contributed by atoms with van der Waals surface area (Å²) in [5.74, 6) is 0.871. The number of nitro groups is 1. The fourth-order valence-electron chi connectivity index (χ4n) is 2.96. The minimum Gasteiger partial charge on any atom is -0.468 e. The second-order valence-electron chi connectivity index (χ2n) is 5.57. The topological polar surface area (TPSA) is 71.5 Å². The van der Waals surface area contributed by atoms with E-state index in [1.165, 1.54) is 6.07 Å². The molecule has 2 heterocycles. The van der Waals surface area contributed by atoms with Gasteiger partial charge in [0, 0.05) is 17.6 Å². The number of anilines is 1. The monoisotopic (exact) mass is 335 g/mol. The fraction of sp³-hybridized carbons (Fsp3) is 0.375. The highest BCUT2D eigenvalue weighted by Gasteiger charge is 2.26. The number of furan rings is 1. The summed E-state index contributed by atoms with van der Waals surface area (Å²) < 4.78 is 5.56. The van der Waals surface area contributed by atoms with Crippen LogP contribution in [-0.2, 0) is 0 Å². The van der Waals surface area contributed by atoms with Gasteiger partial charge in [0.15, 0.2) is 0 Å². The molecule has 1 N–H and O–H groups in total. The van der Waals surface area contributed by atoms with E-state index >= 15 is 0 Å². The van der Waals surface area contributed by atoms with Gasteiger partial charge in [-0.25, -0.2) is 0 Å². The lowest BCUT2D eigenvalue weighted by Gasteiger charge is -2.26. The van der Waals surface area contributed by atoms with Crippen molar-refractivity contribution in [3.05, 3.63) is 57.5 Å². The van der Waals surface area contributed by atoms with Gasteiger partial charge < -0.3 is 9.73 Å². The summed E-state index contributed by atoms with van der Waals surface area (Å²) in [5.41, 5.74) is 0.451. The predicted octanol–water partition coefficient (Wildman–Crippen LogP) is 4.09. The Labute approximate surface area is 139 Å². The Bertz CT molecular complexity index is 669. The predicted molar refractivity (Wildman–Crippen MR) is 88.9 cm³/mol. The Balaban J connectivity index is 1.78. The van der Waals surface area contributed by atoms with E-state index in [2.05, 4.69) is 10.2 Å². The van der Waals surface area contributed by atoms with Gasteiger partial charge >= 0.3 is 0 Å². The summed E-state index contributed by atoms with van der Waals surface area (Å²) >= 11 is 5.85. The number of likely N-dealkylation sites (tertiary alicyclic amines) is 1. The number of hydrogen-bond acceptors (Lipinski definition) is 5. The largest absolute Gasteiger partial charge is 0.468 e. The number of nitro benzene ring substituents is 1. The number of hydrogen-bond donors (Lipinski definition) is 1. The zero-order chi connectivity index (χ0) is 16.2. The zero-order valence-corrected chi connectivity index (χ0v) is 13.3. The number of rotatable bonds is 6. The third kappa shape index (κ3) is 3.65. The van der Waals surface area contributed by atoms with Crippen molar-refractivity contribution in [3.8, 4) is 0 Å². The van der Waals surface area contributed by atoms with Crippen molar-refractivity contribution in [2.45, 2.75) is 18.9 Å². The summed E-state index contributed by atoms with van der Waals surface area (Å²) in [7, 11) is 0. The second-order valence-corrected chi connectivity index (χ2v) is 6.01. The Morgan fingerprint density at radius 2 is 2.13 bits per heavy atom. The van der Waals surface area contributed by atoms with Crippen molar-refractivity contribution in [1.82, 2.24) is 4.90 Å². The van der Waals surface area contributed by atoms with E-state index in [0.717, 1.165) is 31.7 Å². The first kappa shape index (κ1) is 15.8. The first-order chi connectivity index (χ1) is 11.1. The van der Waals surface area contributed by atoms with Crippen molar-refractivity contribution in [1.29, 1.82) is 0 Å². The minimum absolute atomic E-state index is 0.0166. The van der Waals surface area contributed by atoms with Crippen LogP contribution in [0.1, 0.15) is 24.6 Å². The molecule has 1 saturated heterocycles. The van der Waals surface area contributed by atoms with Crippen LogP contribution in [0.25, 0.3) is 0 Å². The van der Waals surface area contributed by atoms with Crippen LogP contribution in [0.5, 0.6) is 0 Å². The lowest BCUT2D eigenvalue weighted by atomic mass is 10.2. The summed E-state index contributed by atoms with van der Waals surface area (Å²) in [4.78, 5) is 13.1. The first-order valence-corrected chi connectivity index (χ1v) is 7.98. The van der Waals surface area contributed by atoms with Crippen molar-refractivity contribution >= 4 is 23.0 Å². The molecular formula is C16H18ClN3O3. The molecule has 0 bridgehead atoms. The fourth-order valence-corrected chi connectivity index (χ4v) is 3.12. The van der Waals surface area contributed by atoms with Crippen LogP contribution in [0.15, 0.2) is 41.0 Å². The first-order valence-electron chi connectivity index (χ1n) is 7.60. The van der Waals surface area contributed by atoms with Crippen molar-refractivity contribution in [2.24, 2.45) is 0 Å². The van der Waals surface area contributed by atoms with E-state index < -0.39 is 4.92 Å². The molecule has 1 fully saturated rings. The Hall–Kier alpha value is -2.05. The highest BCUT2D eigenvalue weighted by molar-refractivity contribution is 6.30. The van der Waals surface area contributed by atoms with Crippen LogP contribution >= 0.6 is 11.6 Å². The molecule has 0 aliphatic carbocycles. The molecule has 0 spiro atoms. The maximum absolute atomic E-state index is 11.2. The lowest BCUT2D eigenvalue weighted by molar-refractivity contribution is -0.383. The molecule has 0 saturated carbocycles. The van der Waals surface area contributed by atoms with E-state index in [1.807, 2.05) is 12.1 Å². The second kappa shape index (κ2) is 7.02. The summed E-state index contributed by atoms with van der Waals surface area (Å²) in [6.45, 7) is 2.56. The number of benzene rings is 1. The lowest BCUT2D eigenvalue weighted by Crippen LogP contribution is -2.30. The summed E-state index contributed by atoms with van der Waals surface area (Å²) in [6.07, 6.45) is 3.99. The van der Waals surface area contributed by atoms with Gasteiger partial charge in [-0.3, -0.25) is 15.0 Å². The molecule has 122 valence electrons. The Morgan fingerprint density at radius 1 is 1.35 bits per heavy atom. The van der Waals surface area contributed by atoms with Crippen molar-refractivity contribution < 1.29 is 9.34 Å². The molecule has 1 aliphatic rings. The zero-order valence-electron chi connectivity index (χ0n) is 12.6. The average molecular weight is 336 g/mol. The van der Waals surface area contributed by atoms with Gasteiger partial charge in [-0.2, -0.15) is 0 Å². The van der Waals surface area contributed by atoms with Gasteiger partial charge in [-0.05, 0) is 50.2 Å². The average Bonchev–Trinajstić information content (AvgIpc) is 3.22. The summed E-state index contributed by atoms with van der Waals surface area (Å²) in [5, 5.41) is 14.7. The minimum atomic E-state index is -0.425. The van der Waals surface area contributed by atoms with Crippen LogP contribution in [-0.4, -0.2) is 29.5 Å². The smallest absolute Gasteiger partial charge is 0.293 e. The molecule has 1 unspecified atom stereocenters. The van der Waals surface area contributed by atoms with Crippen molar-refractivity contribution in [3.63, 3.8) is 0 Å². The molecule has 0 radical (unpaired) electrons. The third-order valence-corrected chi connectivity index (χ3v) is 4.33. The van der Waals surface area contributed by atoms with Crippen LogP contribution in [0.3, 0.4) is 0 Å². The maximum Gasteiger partial charge on any atom is 0.293 e.